The fourth-order valence-corrected chi connectivity index (χ4v) is 5.47. The second-order valence-corrected chi connectivity index (χ2v) is 9.64. The quantitative estimate of drug-likeness (QED) is 0.536. The van der Waals surface area contributed by atoms with Crippen LogP contribution in [0.5, 0.6) is 0 Å². The van der Waals surface area contributed by atoms with Crippen molar-refractivity contribution in [3.05, 3.63) is 42.5 Å². The number of nitrogens with zero attached hydrogens (tertiary/aromatic N) is 1. The summed E-state index contributed by atoms with van der Waals surface area (Å²) in [5, 5.41) is 0. The van der Waals surface area contributed by atoms with Gasteiger partial charge in [0.2, 0.25) is 5.91 Å². The molecule has 28 heavy (non-hydrogen) atoms. The molecule has 0 unspecified atom stereocenters. The maximum atomic E-state index is 12.7. The molecular weight excluding hydrogens is 378 g/mol. The van der Waals surface area contributed by atoms with E-state index in [9.17, 15) is 18.0 Å². The van der Waals surface area contributed by atoms with Crippen molar-refractivity contribution in [2.45, 2.75) is 25.2 Å². The van der Waals surface area contributed by atoms with E-state index in [1.54, 1.807) is 42.2 Å². The van der Waals surface area contributed by atoms with Gasteiger partial charge < -0.3 is 9.64 Å². The lowest BCUT2D eigenvalue weighted by molar-refractivity contribution is -0.152. The van der Waals surface area contributed by atoms with Gasteiger partial charge in [-0.05, 0) is 36.8 Å². The van der Waals surface area contributed by atoms with Crippen molar-refractivity contribution in [2.24, 2.45) is 23.7 Å². The van der Waals surface area contributed by atoms with Crippen LogP contribution >= 0.6 is 0 Å². The highest BCUT2D eigenvalue weighted by molar-refractivity contribution is 7.91. The fourth-order valence-electron chi connectivity index (χ4n) is 4.22. The molecule has 1 aliphatic carbocycles. The fraction of sp³-hybridized carbons (Fsp3) is 0.524. The van der Waals surface area contributed by atoms with Gasteiger partial charge >= 0.3 is 5.97 Å². The summed E-state index contributed by atoms with van der Waals surface area (Å²) in [5.74, 6) is -0.675. The first kappa shape index (κ1) is 20.6. The van der Waals surface area contributed by atoms with Gasteiger partial charge in [-0.1, -0.05) is 37.3 Å². The monoisotopic (exact) mass is 405 g/mol. The van der Waals surface area contributed by atoms with Crippen LogP contribution < -0.4 is 0 Å². The van der Waals surface area contributed by atoms with E-state index >= 15 is 0 Å². The first-order chi connectivity index (χ1) is 13.3. The Hall–Kier alpha value is -2.15. The van der Waals surface area contributed by atoms with E-state index in [4.69, 9.17) is 4.74 Å². The summed E-state index contributed by atoms with van der Waals surface area (Å²) in [4.78, 5) is 27.0. The highest BCUT2D eigenvalue weighted by Gasteiger charge is 2.45. The zero-order valence-corrected chi connectivity index (χ0v) is 17.1. The molecule has 7 heteroatoms. The summed E-state index contributed by atoms with van der Waals surface area (Å²) in [6, 6.07) is 8.18. The lowest BCUT2D eigenvalue weighted by atomic mass is 9.72. The van der Waals surface area contributed by atoms with Crippen molar-refractivity contribution < 1.29 is 22.7 Å². The Bertz CT molecular complexity index is 849. The highest BCUT2D eigenvalue weighted by Crippen LogP contribution is 2.40. The van der Waals surface area contributed by atoms with Crippen LogP contribution in [0.25, 0.3) is 0 Å². The second kappa shape index (κ2) is 8.47. The Balaban J connectivity index is 1.64. The molecule has 0 aromatic heterocycles. The number of carbonyl (C=O) groups excluding carboxylic acids is 2. The van der Waals surface area contributed by atoms with Crippen LogP contribution in [0.1, 0.15) is 20.3 Å². The summed E-state index contributed by atoms with van der Waals surface area (Å²) < 4.78 is 30.1. The smallest absolute Gasteiger partial charge is 0.309 e. The number of carbonyl (C=O) groups is 2. The molecule has 1 aliphatic heterocycles. The zero-order valence-electron chi connectivity index (χ0n) is 16.3. The lowest BCUT2D eigenvalue weighted by Crippen LogP contribution is -2.37. The van der Waals surface area contributed by atoms with Gasteiger partial charge in [-0.3, -0.25) is 9.59 Å². The molecule has 0 saturated carbocycles. The third-order valence-corrected chi connectivity index (χ3v) is 7.43. The molecule has 0 bridgehead atoms. The molecule has 1 heterocycles. The molecule has 1 saturated heterocycles. The van der Waals surface area contributed by atoms with Crippen LogP contribution in [0.2, 0.25) is 0 Å². The number of benzene rings is 1. The summed E-state index contributed by atoms with van der Waals surface area (Å²) >= 11 is 0. The van der Waals surface area contributed by atoms with E-state index in [0.717, 1.165) is 0 Å². The van der Waals surface area contributed by atoms with Crippen LogP contribution in [0, 0.1) is 23.7 Å². The van der Waals surface area contributed by atoms with Gasteiger partial charge in [-0.2, -0.15) is 0 Å². The van der Waals surface area contributed by atoms with E-state index in [0.29, 0.717) is 19.7 Å². The molecule has 6 nitrogen and oxygen atoms in total. The third kappa shape index (κ3) is 4.29. The van der Waals surface area contributed by atoms with Crippen LogP contribution in [-0.2, 0) is 24.2 Å². The number of fused-ring (bicyclic) bond motifs is 1. The molecule has 4 atom stereocenters. The summed E-state index contributed by atoms with van der Waals surface area (Å²) in [6.07, 6.45) is 4.05. The molecule has 3 rings (SSSR count). The van der Waals surface area contributed by atoms with Crippen molar-refractivity contribution in [3.8, 4) is 0 Å². The standard InChI is InChI=1S/C21H27NO5S/c1-3-27-21(24)20-15(2)9-10-16-13-22(14-18(16)20)19(23)11-12-28(25,26)17-7-5-4-6-8-17/h4-10,15-16,18,20H,3,11-14H2,1-2H3/t15-,16-,18-,20-/m0/s1. The maximum Gasteiger partial charge on any atom is 0.309 e. The summed E-state index contributed by atoms with van der Waals surface area (Å²) in [6.45, 7) is 5.10. The van der Waals surface area contributed by atoms with Crippen molar-refractivity contribution in [3.63, 3.8) is 0 Å². The Labute approximate surface area is 166 Å². The summed E-state index contributed by atoms with van der Waals surface area (Å²) in [7, 11) is -3.49. The molecule has 0 radical (unpaired) electrons. The Morgan fingerprint density at radius 2 is 1.86 bits per heavy atom. The first-order valence-electron chi connectivity index (χ1n) is 9.74. The SMILES string of the molecule is CCOC(=O)[C@@H]1[C@H]2CN(C(=O)CCS(=O)(=O)c3ccccc3)C[C@@H]2C=C[C@@H]1C. The third-order valence-electron chi connectivity index (χ3n) is 5.70. The van der Waals surface area contributed by atoms with Gasteiger partial charge in [0.15, 0.2) is 9.84 Å². The molecule has 2 aliphatic rings. The van der Waals surface area contributed by atoms with Crippen molar-refractivity contribution in [2.75, 3.05) is 25.4 Å². The molecule has 0 spiro atoms. The number of esters is 1. The van der Waals surface area contributed by atoms with Crippen LogP contribution in [0.3, 0.4) is 0 Å². The number of ether oxygens (including phenoxy) is 1. The average molecular weight is 406 g/mol. The topological polar surface area (TPSA) is 80.8 Å². The Morgan fingerprint density at radius 3 is 2.54 bits per heavy atom. The van der Waals surface area contributed by atoms with E-state index in [-0.39, 0.29) is 52.6 Å². The first-order valence-corrected chi connectivity index (χ1v) is 11.4. The van der Waals surface area contributed by atoms with Gasteiger partial charge in [0, 0.05) is 19.5 Å². The number of allylic oxidation sites excluding steroid dienone is 1. The molecule has 0 N–H and O–H groups in total. The predicted octanol–water partition coefficient (Wildman–Crippen LogP) is 2.31. The van der Waals surface area contributed by atoms with Crippen LogP contribution in [-0.4, -0.2) is 50.6 Å². The normalized spacial score (nSPS) is 26.7. The van der Waals surface area contributed by atoms with E-state index in [1.807, 2.05) is 13.0 Å². The second-order valence-electron chi connectivity index (χ2n) is 7.53. The van der Waals surface area contributed by atoms with E-state index in [1.165, 1.54) is 0 Å². The minimum Gasteiger partial charge on any atom is -0.466 e. The highest BCUT2D eigenvalue weighted by atomic mass is 32.2. The zero-order chi connectivity index (χ0) is 20.3. The molecule has 1 fully saturated rings. The van der Waals surface area contributed by atoms with E-state index in [2.05, 4.69) is 6.08 Å². The van der Waals surface area contributed by atoms with Gasteiger partial charge in [0.25, 0.3) is 0 Å². The molecule has 152 valence electrons. The Morgan fingerprint density at radius 1 is 1.14 bits per heavy atom. The van der Waals surface area contributed by atoms with Crippen molar-refractivity contribution >= 4 is 21.7 Å². The summed E-state index contributed by atoms with van der Waals surface area (Å²) in [5.41, 5.74) is 0. The lowest BCUT2D eigenvalue weighted by Gasteiger charge is -2.31. The molecular formula is C21H27NO5S. The van der Waals surface area contributed by atoms with Crippen LogP contribution in [0.15, 0.2) is 47.4 Å². The van der Waals surface area contributed by atoms with Crippen molar-refractivity contribution in [1.82, 2.24) is 4.90 Å². The van der Waals surface area contributed by atoms with Gasteiger partial charge in [-0.15, -0.1) is 0 Å². The van der Waals surface area contributed by atoms with Crippen molar-refractivity contribution in [1.29, 1.82) is 0 Å². The number of amides is 1. The Kier molecular flexibility index (Phi) is 6.23. The van der Waals surface area contributed by atoms with Gasteiger partial charge in [-0.25, -0.2) is 8.42 Å². The largest absolute Gasteiger partial charge is 0.466 e. The maximum absolute atomic E-state index is 12.7. The van der Waals surface area contributed by atoms with E-state index < -0.39 is 9.84 Å². The predicted molar refractivity (Wildman–Crippen MR) is 105 cm³/mol. The van der Waals surface area contributed by atoms with Gasteiger partial charge in [0.05, 0.1) is 23.2 Å². The van der Waals surface area contributed by atoms with Gasteiger partial charge in [0.1, 0.15) is 0 Å². The number of hydrogen-bond acceptors (Lipinski definition) is 5. The minimum absolute atomic E-state index is 0.0220. The minimum atomic E-state index is -3.49. The van der Waals surface area contributed by atoms with Crippen LogP contribution in [0.4, 0.5) is 0 Å². The average Bonchev–Trinajstić information content (AvgIpc) is 3.11. The number of likely N-dealkylation sites (tertiary alicyclic amines) is 1. The number of sulfone groups is 1. The molecule has 1 aromatic carbocycles. The number of hydrogen-bond donors (Lipinski definition) is 0. The molecule has 1 amide bonds. The number of rotatable bonds is 6. The molecule has 1 aromatic rings.